The molecular formula is C9H11NO2. The summed E-state index contributed by atoms with van der Waals surface area (Å²) in [5, 5.41) is 11.8. The minimum atomic E-state index is -0.752. The number of aliphatic carboxylic acids is 1. The highest BCUT2D eigenvalue weighted by Crippen LogP contribution is 2.26. The van der Waals surface area contributed by atoms with Crippen molar-refractivity contribution in [2.24, 2.45) is 0 Å². The molecule has 0 saturated heterocycles. The molecular weight excluding hydrogens is 154 g/mol. The van der Waals surface area contributed by atoms with Crippen LogP contribution in [0.2, 0.25) is 0 Å². The lowest BCUT2D eigenvalue weighted by Crippen LogP contribution is -2.31. The van der Waals surface area contributed by atoms with Gasteiger partial charge >= 0.3 is 5.97 Å². The third-order valence-electron chi connectivity index (χ3n) is 2.34. The maximum absolute atomic E-state index is 10.6. The molecule has 0 radical (unpaired) electrons. The largest absolute Gasteiger partial charge is 0.480 e. The van der Waals surface area contributed by atoms with E-state index >= 15 is 0 Å². The lowest BCUT2D eigenvalue weighted by atomic mass is 10.0. The van der Waals surface area contributed by atoms with Crippen LogP contribution >= 0.6 is 0 Å². The number of carboxylic acids is 1. The van der Waals surface area contributed by atoms with Crippen LogP contribution in [0, 0.1) is 0 Å². The number of carboxylic acid groups (broad SMARTS) is 1. The molecule has 2 rings (SSSR count). The van der Waals surface area contributed by atoms with Gasteiger partial charge in [-0.2, -0.15) is 0 Å². The standard InChI is InChI=1S/C9H11NO2/c11-9(12)8-5-6-3-1-2-4-7(6)10-8/h1,3,8,10H,2,4-5H2,(H,11,12). The summed E-state index contributed by atoms with van der Waals surface area (Å²) in [6.45, 7) is 0. The summed E-state index contributed by atoms with van der Waals surface area (Å²) in [5.41, 5.74) is 2.30. The van der Waals surface area contributed by atoms with Crippen LogP contribution in [0.15, 0.2) is 23.4 Å². The van der Waals surface area contributed by atoms with Crippen LogP contribution in [0.25, 0.3) is 0 Å². The van der Waals surface area contributed by atoms with Gasteiger partial charge in [-0.3, -0.25) is 0 Å². The molecule has 1 aliphatic heterocycles. The van der Waals surface area contributed by atoms with Gasteiger partial charge in [0.15, 0.2) is 0 Å². The first-order valence-corrected chi connectivity index (χ1v) is 4.15. The first kappa shape index (κ1) is 7.40. The Morgan fingerprint density at radius 3 is 3.17 bits per heavy atom. The molecule has 1 unspecified atom stereocenters. The summed E-state index contributed by atoms with van der Waals surface area (Å²) < 4.78 is 0. The number of nitrogens with one attached hydrogen (secondary N) is 1. The summed E-state index contributed by atoms with van der Waals surface area (Å²) in [6.07, 6.45) is 6.77. The van der Waals surface area contributed by atoms with Gasteiger partial charge in [0.05, 0.1) is 0 Å². The van der Waals surface area contributed by atoms with Crippen molar-refractivity contribution >= 4 is 5.97 Å². The summed E-state index contributed by atoms with van der Waals surface area (Å²) >= 11 is 0. The molecule has 64 valence electrons. The summed E-state index contributed by atoms with van der Waals surface area (Å²) in [6, 6.07) is -0.391. The fraction of sp³-hybridized carbons (Fsp3) is 0.444. The quantitative estimate of drug-likeness (QED) is 0.610. The van der Waals surface area contributed by atoms with Gasteiger partial charge in [0.25, 0.3) is 0 Å². The third kappa shape index (κ3) is 1.11. The maximum Gasteiger partial charge on any atom is 0.326 e. The molecule has 0 fully saturated rings. The van der Waals surface area contributed by atoms with Crippen molar-refractivity contribution in [2.75, 3.05) is 0 Å². The average molecular weight is 165 g/mol. The predicted molar refractivity (Wildman–Crippen MR) is 44.6 cm³/mol. The lowest BCUT2D eigenvalue weighted by molar-refractivity contribution is -0.138. The minimum absolute atomic E-state index is 0.391. The fourth-order valence-electron chi connectivity index (χ4n) is 1.70. The van der Waals surface area contributed by atoms with Crippen molar-refractivity contribution in [2.45, 2.75) is 25.3 Å². The number of hydrogen-bond donors (Lipinski definition) is 2. The van der Waals surface area contributed by atoms with E-state index in [4.69, 9.17) is 5.11 Å². The van der Waals surface area contributed by atoms with E-state index < -0.39 is 12.0 Å². The van der Waals surface area contributed by atoms with Gasteiger partial charge in [-0.25, -0.2) is 4.79 Å². The number of rotatable bonds is 1. The van der Waals surface area contributed by atoms with Gasteiger partial charge in [-0.05, 0) is 18.4 Å². The van der Waals surface area contributed by atoms with Crippen molar-refractivity contribution in [3.8, 4) is 0 Å². The number of carbonyl (C=O) groups is 1. The minimum Gasteiger partial charge on any atom is -0.480 e. The Balaban J connectivity index is 2.12. The van der Waals surface area contributed by atoms with E-state index in [0.717, 1.165) is 18.5 Å². The first-order chi connectivity index (χ1) is 5.77. The predicted octanol–water partition coefficient (Wildman–Crippen LogP) is 1.04. The summed E-state index contributed by atoms with van der Waals surface area (Å²) in [7, 11) is 0. The molecule has 1 heterocycles. The highest BCUT2D eigenvalue weighted by Gasteiger charge is 2.27. The van der Waals surface area contributed by atoms with E-state index in [1.165, 1.54) is 5.57 Å². The monoisotopic (exact) mass is 165 g/mol. The van der Waals surface area contributed by atoms with Crippen LogP contribution < -0.4 is 5.32 Å². The van der Waals surface area contributed by atoms with Gasteiger partial charge in [0.2, 0.25) is 0 Å². The van der Waals surface area contributed by atoms with Crippen molar-refractivity contribution < 1.29 is 9.90 Å². The summed E-state index contributed by atoms with van der Waals surface area (Å²) in [4.78, 5) is 10.6. The van der Waals surface area contributed by atoms with E-state index in [-0.39, 0.29) is 0 Å². The number of allylic oxidation sites excluding steroid dienone is 3. The van der Waals surface area contributed by atoms with Gasteiger partial charge in [0.1, 0.15) is 6.04 Å². The Kier molecular flexibility index (Phi) is 1.64. The van der Waals surface area contributed by atoms with Crippen molar-refractivity contribution in [1.29, 1.82) is 0 Å². The lowest BCUT2D eigenvalue weighted by Gasteiger charge is -2.08. The second-order valence-electron chi connectivity index (χ2n) is 3.18. The van der Waals surface area contributed by atoms with E-state index in [1.807, 2.05) is 6.08 Å². The second kappa shape index (κ2) is 2.66. The molecule has 1 atom stereocenters. The van der Waals surface area contributed by atoms with Gasteiger partial charge in [0, 0.05) is 12.1 Å². The van der Waals surface area contributed by atoms with E-state index in [1.54, 1.807) is 0 Å². The molecule has 0 aromatic heterocycles. The Hall–Kier alpha value is -1.25. The fourth-order valence-corrected chi connectivity index (χ4v) is 1.70. The van der Waals surface area contributed by atoms with Crippen molar-refractivity contribution in [3.05, 3.63) is 23.4 Å². The molecule has 0 amide bonds. The molecule has 0 aromatic carbocycles. The maximum atomic E-state index is 10.6. The first-order valence-electron chi connectivity index (χ1n) is 4.15. The van der Waals surface area contributed by atoms with E-state index in [0.29, 0.717) is 6.42 Å². The average Bonchev–Trinajstić information content (AvgIpc) is 2.46. The zero-order valence-electron chi connectivity index (χ0n) is 6.71. The molecule has 12 heavy (non-hydrogen) atoms. The van der Waals surface area contributed by atoms with Crippen LogP contribution in [-0.2, 0) is 4.79 Å². The Morgan fingerprint density at radius 2 is 2.50 bits per heavy atom. The topological polar surface area (TPSA) is 49.3 Å². The smallest absolute Gasteiger partial charge is 0.326 e. The molecule has 0 saturated carbocycles. The summed E-state index contributed by atoms with van der Waals surface area (Å²) in [5.74, 6) is -0.752. The highest BCUT2D eigenvalue weighted by atomic mass is 16.4. The Morgan fingerprint density at radius 1 is 1.67 bits per heavy atom. The van der Waals surface area contributed by atoms with Gasteiger partial charge in [-0.1, -0.05) is 12.2 Å². The highest BCUT2D eigenvalue weighted by molar-refractivity contribution is 5.75. The van der Waals surface area contributed by atoms with Crippen LogP contribution in [0.1, 0.15) is 19.3 Å². The van der Waals surface area contributed by atoms with Crippen LogP contribution in [0.3, 0.4) is 0 Å². The second-order valence-corrected chi connectivity index (χ2v) is 3.18. The molecule has 2 aliphatic rings. The van der Waals surface area contributed by atoms with Crippen molar-refractivity contribution in [1.82, 2.24) is 5.32 Å². The Labute approximate surface area is 70.8 Å². The van der Waals surface area contributed by atoms with E-state index in [9.17, 15) is 4.79 Å². The molecule has 0 bridgehead atoms. The van der Waals surface area contributed by atoms with Gasteiger partial charge < -0.3 is 10.4 Å². The molecule has 2 N–H and O–H groups in total. The number of hydrogen-bond acceptors (Lipinski definition) is 2. The third-order valence-corrected chi connectivity index (χ3v) is 2.34. The SMILES string of the molecule is O=C(O)C1CC2=C(CCC=C2)N1. The molecule has 0 spiro atoms. The molecule has 3 heteroatoms. The Bertz CT molecular complexity index is 278. The zero-order valence-corrected chi connectivity index (χ0v) is 6.71. The molecule has 1 aliphatic carbocycles. The van der Waals surface area contributed by atoms with E-state index in [2.05, 4.69) is 11.4 Å². The van der Waals surface area contributed by atoms with Crippen molar-refractivity contribution in [3.63, 3.8) is 0 Å². The molecule has 3 nitrogen and oxygen atoms in total. The van der Waals surface area contributed by atoms with Crippen LogP contribution in [0.5, 0.6) is 0 Å². The normalized spacial score (nSPS) is 26.8. The zero-order chi connectivity index (χ0) is 8.55. The van der Waals surface area contributed by atoms with Crippen LogP contribution in [-0.4, -0.2) is 17.1 Å². The molecule has 0 aromatic rings. The van der Waals surface area contributed by atoms with Crippen LogP contribution in [0.4, 0.5) is 0 Å². The van der Waals surface area contributed by atoms with Gasteiger partial charge in [-0.15, -0.1) is 0 Å².